The van der Waals surface area contributed by atoms with Gasteiger partial charge in [0.25, 0.3) is 0 Å². The van der Waals surface area contributed by atoms with Gasteiger partial charge in [0.15, 0.2) is 5.82 Å². The largest absolute Gasteiger partial charge is 0.496 e. The molecule has 1 aromatic carbocycles. The molecule has 3 nitrogen and oxygen atoms in total. The number of ether oxygens (including phenoxy) is 1. The number of rotatable bonds is 2. The van der Waals surface area contributed by atoms with Crippen LogP contribution in [0.1, 0.15) is 5.56 Å². The van der Waals surface area contributed by atoms with Gasteiger partial charge in [-0.2, -0.15) is 4.37 Å². The highest BCUT2D eigenvalue weighted by Crippen LogP contribution is 2.26. The fourth-order valence-electron chi connectivity index (χ4n) is 1.34. The predicted molar refractivity (Wildman–Crippen MR) is 61.6 cm³/mol. The van der Waals surface area contributed by atoms with Crippen LogP contribution in [-0.4, -0.2) is 16.5 Å². The molecule has 0 bridgehead atoms. The lowest BCUT2D eigenvalue weighted by atomic mass is 10.1. The van der Waals surface area contributed by atoms with Crippen molar-refractivity contribution in [3.8, 4) is 17.1 Å². The molecule has 0 radical (unpaired) electrons. The van der Waals surface area contributed by atoms with Crippen LogP contribution in [0.15, 0.2) is 18.2 Å². The fraction of sp³-hybridized carbons (Fsp3) is 0.200. The van der Waals surface area contributed by atoms with Crippen LogP contribution in [0.3, 0.4) is 0 Å². The Morgan fingerprint density at radius 1 is 1.40 bits per heavy atom. The standard InChI is InChI=1S/C10H9ClN2OS/c1-6-5-7(3-4-8(6)14-2)9-12-10(11)15-13-9/h3-5H,1-2H3. The maximum atomic E-state index is 5.73. The molecule has 2 rings (SSSR count). The van der Waals surface area contributed by atoms with Crippen LogP contribution in [0.4, 0.5) is 0 Å². The van der Waals surface area contributed by atoms with Gasteiger partial charge in [-0.25, -0.2) is 4.98 Å². The van der Waals surface area contributed by atoms with E-state index in [2.05, 4.69) is 9.36 Å². The molecule has 0 fully saturated rings. The minimum absolute atomic E-state index is 0.457. The van der Waals surface area contributed by atoms with E-state index in [1.165, 1.54) is 11.5 Å². The molecule has 15 heavy (non-hydrogen) atoms. The Hall–Kier alpha value is -1.13. The number of aromatic nitrogens is 2. The molecule has 0 aliphatic heterocycles. The Balaban J connectivity index is 2.42. The monoisotopic (exact) mass is 240 g/mol. The van der Waals surface area contributed by atoms with Gasteiger partial charge in [-0.15, -0.1) is 0 Å². The van der Waals surface area contributed by atoms with Gasteiger partial charge in [0.2, 0.25) is 4.47 Å². The number of benzene rings is 1. The summed E-state index contributed by atoms with van der Waals surface area (Å²) in [5.41, 5.74) is 2.01. The molecular formula is C10H9ClN2OS. The summed E-state index contributed by atoms with van der Waals surface area (Å²) in [6.45, 7) is 1.98. The van der Waals surface area contributed by atoms with E-state index in [0.717, 1.165) is 16.9 Å². The molecule has 0 spiro atoms. The van der Waals surface area contributed by atoms with E-state index in [4.69, 9.17) is 16.3 Å². The second-order valence-electron chi connectivity index (χ2n) is 3.06. The van der Waals surface area contributed by atoms with Crippen LogP contribution in [0.5, 0.6) is 5.75 Å². The zero-order chi connectivity index (χ0) is 10.8. The zero-order valence-corrected chi connectivity index (χ0v) is 9.89. The van der Waals surface area contributed by atoms with Crippen LogP contribution in [0, 0.1) is 6.92 Å². The topological polar surface area (TPSA) is 35.0 Å². The van der Waals surface area contributed by atoms with E-state index in [1.807, 2.05) is 25.1 Å². The van der Waals surface area contributed by atoms with Crippen LogP contribution in [0.2, 0.25) is 4.47 Å². The first kappa shape index (κ1) is 10.4. The number of halogens is 1. The molecule has 1 aromatic heterocycles. The van der Waals surface area contributed by atoms with E-state index in [0.29, 0.717) is 10.3 Å². The molecule has 1 heterocycles. The van der Waals surface area contributed by atoms with E-state index in [-0.39, 0.29) is 0 Å². The lowest BCUT2D eigenvalue weighted by Crippen LogP contribution is -1.88. The van der Waals surface area contributed by atoms with Gasteiger partial charge < -0.3 is 4.74 Å². The summed E-state index contributed by atoms with van der Waals surface area (Å²) in [4.78, 5) is 4.11. The maximum absolute atomic E-state index is 5.73. The highest BCUT2D eigenvalue weighted by atomic mass is 35.5. The molecule has 2 aromatic rings. The van der Waals surface area contributed by atoms with E-state index < -0.39 is 0 Å². The smallest absolute Gasteiger partial charge is 0.203 e. The third-order valence-corrected chi connectivity index (χ3v) is 2.85. The van der Waals surface area contributed by atoms with Gasteiger partial charge in [-0.3, -0.25) is 0 Å². The summed E-state index contributed by atoms with van der Waals surface area (Å²) in [5.74, 6) is 1.52. The molecule has 0 unspecified atom stereocenters. The van der Waals surface area contributed by atoms with Crippen molar-refractivity contribution in [3.05, 3.63) is 28.2 Å². The summed E-state index contributed by atoms with van der Waals surface area (Å²) in [6, 6.07) is 5.81. The molecule has 0 saturated carbocycles. The Labute approximate surface area is 96.9 Å². The summed E-state index contributed by atoms with van der Waals surface area (Å²) in [5, 5.41) is 0. The normalized spacial score (nSPS) is 10.3. The quantitative estimate of drug-likeness (QED) is 0.809. The van der Waals surface area contributed by atoms with Crippen molar-refractivity contribution in [1.29, 1.82) is 0 Å². The Morgan fingerprint density at radius 3 is 2.73 bits per heavy atom. The second-order valence-corrected chi connectivity index (χ2v) is 4.39. The SMILES string of the molecule is COc1ccc(-c2nsc(Cl)n2)cc1C. The molecule has 5 heteroatoms. The van der Waals surface area contributed by atoms with Crippen molar-refractivity contribution in [3.63, 3.8) is 0 Å². The molecule has 0 atom stereocenters. The van der Waals surface area contributed by atoms with Gasteiger partial charge in [0.05, 0.1) is 7.11 Å². The molecule has 0 N–H and O–H groups in total. The van der Waals surface area contributed by atoms with Crippen molar-refractivity contribution >= 4 is 23.1 Å². The van der Waals surface area contributed by atoms with Crippen molar-refractivity contribution in [2.75, 3.05) is 7.11 Å². The average Bonchev–Trinajstić information content (AvgIpc) is 2.65. The minimum Gasteiger partial charge on any atom is -0.496 e. The average molecular weight is 241 g/mol. The lowest BCUT2D eigenvalue weighted by Gasteiger charge is -2.04. The predicted octanol–water partition coefficient (Wildman–Crippen LogP) is 3.18. The van der Waals surface area contributed by atoms with Gasteiger partial charge in [0.1, 0.15) is 5.75 Å². The number of methoxy groups -OCH3 is 1. The van der Waals surface area contributed by atoms with Crippen molar-refractivity contribution < 1.29 is 4.74 Å². The second kappa shape index (κ2) is 4.16. The first-order valence-electron chi connectivity index (χ1n) is 4.35. The fourth-order valence-corrected chi connectivity index (χ4v) is 1.96. The summed E-state index contributed by atoms with van der Waals surface area (Å²) >= 11 is 6.92. The first-order chi connectivity index (χ1) is 7.20. The molecule has 0 aliphatic carbocycles. The molecule has 78 valence electrons. The van der Waals surface area contributed by atoms with Gasteiger partial charge in [-0.05, 0) is 53.8 Å². The molecule has 0 amide bonds. The van der Waals surface area contributed by atoms with Crippen molar-refractivity contribution in [2.24, 2.45) is 0 Å². The van der Waals surface area contributed by atoms with Crippen molar-refractivity contribution in [2.45, 2.75) is 6.92 Å². The Bertz CT molecular complexity index is 484. The highest BCUT2D eigenvalue weighted by Gasteiger charge is 2.06. The van der Waals surface area contributed by atoms with E-state index >= 15 is 0 Å². The Morgan fingerprint density at radius 2 is 2.20 bits per heavy atom. The van der Waals surface area contributed by atoms with Crippen LogP contribution < -0.4 is 4.74 Å². The zero-order valence-electron chi connectivity index (χ0n) is 8.32. The van der Waals surface area contributed by atoms with Crippen molar-refractivity contribution in [1.82, 2.24) is 9.36 Å². The summed E-state index contributed by atoms with van der Waals surface area (Å²) in [7, 11) is 1.65. The summed E-state index contributed by atoms with van der Waals surface area (Å²) < 4.78 is 9.77. The highest BCUT2D eigenvalue weighted by molar-refractivity contribution is 7.10. The van der Waals surface area contributed by atoms with E-state index in [1.54, 1.807) is 7.11 Å². The number of aryl methyl sites for hydroxylation is 1. The maximum Gasteiger partial charge on any atom is 0.203 e. The van der Waals surface area contributed by atoms with Gasteiger partial charge in [-0.1, -0.05) is 0 Å². The Kier molecular flexibility index (Phi) is 2.88. The summed E-state index contributed by atoms with van der Waals surface area (Å²) in [6.07, 6.45) is 0. The lowest BCUT2D eigenvalue weighted by molar-refractivity contribution is 0.412. The van der Waals surface area contributed by atoms with Crippen LogP contribution in [0.25, 0.3) is 11.4 Å². The van der Waals surface area contributed by atoms with Gasteiger partial charge in [0, 0.05) is 5.56 Å². The third kappa shape index (κ3) is 2.11. The van der Waals surface area contributed by atoms with Crippen LogP contribution in [-0.2, 0) is 0 Å². The van der Waals surface area contributed by atoms with Crippen LogP contribution >= 0.6 is 23.1 Å². The molecular weight excluding hydrogens is 232 g/mol. The number of hydrogen-bond acceptors (Lipinski definition) is 4. The molecule has 0 aliphatic rings. The third-order valence-electron chi connectivity index (χ3n) is 2.05. The van der Waals surface area contributed by atoms with Gasteiger partial charge >= 0.3 is 0 Å². The minimum atomic E-state index is 0.457. The number of hydrogen-bond donors (Lipinski definition) is 0. The number of nitrogens with zero attached hydrogens (tertiary/aromatic N) is 2. The first-order valence-corrected chi connectivity index (χ1v) is 5.50. The van der Waals surface area contributed by atoms with E-state index in [9.17, 15) is 0 Å². The molecule has 0 saturated heterocycles.